The van der Waals surface area contributed by atoms with Gasteiger partial charge in [0.15, 0.2) is 0 Å². The van der Waals surface area contributed by atoms with E-state index in [1.165, 1.54) is 18.4 Å². The van der Waals surface area contributed by atoms with E-state index in [1.54, 1.807) is 0 Å². The van der Waals surface area contributed by atoms with Crippen molar-refractivity contribution in [1.82, 2.24) is 10.2 Å². The fraction of sp³-hybridized carbons (Fsp3) is 0.588. The van der Waals surface area contributed by atoms with Gasteiger partial charge in [0.1, 0.15) is 0 Å². The summed E-state index contributed by atoms with van der Waals surface area (Å²) >= 11 is 0. The van der Waals surface area contributed by atoms with Gasteiger partial charge in [0.25, 0.3) is 5.91 Å². The molecule has 2 fully saturated rings. The molecule has 1 aromatic carbocycles. The van der Waals surface area contributed by atoms with Crippen LogP contribution in [0, 0.1) is 5.41 Å². The van der Waals surface area contributed by atoms with Crippen molar-refractivity contribution in [2.75, 3.05) is 26.2 Å². The third-order valence-electron chi connectivity index (χ3n) is 4.89. The predicted octanol–water partition coefficient (Wildman–Crippen LogP) is 2.46. The third-order valence-corrected chi connectivity index (χ3v) is 4.89. The Bertz CT molecular complexity index is 474. The van der Waals surface area contributed by atoms with Gasteiger partial charge in [0.2, 0.25) is 0 Å². The van der Waals surface area contributed by atoms with Crippen molar-refractivity contribution in [3.8, 4) is 0 Å². The standard InChI is InChI=1S/C17H24N2O/c1-2-14-4-6-15(7-5-14)16(20)19-11-3-8-17(13-19)9-10-18-12-17/h4-7,18H,2-3,8-13H2,1H3/t17-/m0/s1. The van der Waals surface area contributed by atoms with Gasteiger partial charge in [0, 0.05) is 30.6 Å². The number of hydrogen-bond donors (Lipinski definition) is 1. The summed E-state index contributed by atoms with van der Waals surface area (Å²) in [6.07, 6.45) is 4.64. The van der Waals surface area contributed by atoms with Crippen molar-refractivity contribution >= 4 is 5.91 Å². The molecule has 1 N–H and O–H groups in total. The maximum Gasteiger partial charge on any atom is 0.253 e. The SMILES string of the molecule is CCc1ccc(C(=O)N2CCC[C@@]3(CCNC3)C2)cc1. The molecule has 2 saturated heterocycles. The molecule has 108 valence electrons. The van der Waals surface area contributed by atoms with Gasteiger partial charge in [0.05, 0.1) is 0 Å². The Hall–Kier alpha value is -1.35. The van der Waals surface area contributed by atoms with Gasteiger partial charge in [-0.1, -0.05) is 19.1 Å². The zero-order valence-electron chi connectivity index (χ0n) is 12.3. The van der Waals surface area contributed by atoms with Crippen molar-refractivity contribution in [3.05, 3.63) is 35.4 Å². The normalized spacial score (nSPS) is 26.1. The minimum absolute atomic E-state index is 0.207. The summed E-state index contributed by atoms with van der Waals surface area (Å²) in [5.41, 5.74) is 2.47. The van der Waals surface area contributed by atoms with Crippen LogP contribution in [0.25, 0.3) is 0 Å². The smallest absolute Gasteiger partial charge is 0.253 e. The Kier molecular flexibility index (Phi) is 3.79. The molecule has 0 saturated carbocycles. The van der Waals surface area contributed by atoms with Gasteiger partial charge in [-0.3, -0.25) is 4.79 Å². The molecule has 1 spiro atoms. The van der Waals surface area contributed by atoms with Crippen LogP contribution in [-0.4, -0.2) is 37.0 Å². The molecule has 0 aromatic heterocycles. The Labute approximate surface area is 121 Å². The average Bonchev–Trinajstić information content (AvgIpc) is 2.94. The Balaban J connectivity index is 1.72. The number of carbonyl (C=O) groups excluding carboxylic acids is 1. The first-order valence-corrected chi connectivity index (χ1v) is 7.81. The summed E-state index contributed by atoms with van der Waals surface area (Å²) in [6.45, 7) is 6.15. The topological polar surface area (TPSA) is 32.3 Å². The quantitative estimate of drug-likeness (QED) is 0.897. The zero-order valence-corrected chi connectivity index (χ0v) is 12.3. The molecular weight excluding hydrogens is 248 g/mol. The van der Waals surface area contributed by atoms with Crippen LogP contribution in [0.1, 0.15) is 42.1 Å². The molecule has 0 aliphatic carbocycles. The lowest BCUT2D eigenvalue weighted by molar-refractivity contribution is 0.0553. The zero-order chi connectivity index (χ0) is 14.0. The molecule has 3 nitrogen and oxygen atoms in total. The number of nitrogens with zero attached hydrogens (tertiary/aromatic N) is 1. The number of hydrogen-bond acceptors (Lipinski definition) is 2. The number of likely N-dealkylation sites (tertiary alicyclic amines) is 1. The molecule has 0 bridgehead atoms. The number of amides is 1. The van der Waals surface area contributed by atoms with Gasteiger partial charge in [-0.05, 0) is 49.9 Å². The van der Waals surface area contributed by atoms with E-state index in [1.807, 2.05) is 12.1 Å². The second kappa shape index (κ2) is 5.57. The molecule has 2 aliphatic rings. The lowest BCUT2D eigenvalue weighted by Gasteiger charge is -2.40. The highest BCUT2D eigenvalue weighted by Crippen LogP contribution is 2.35. The van der Waals surface area contributed by atoms with Crippen molar-refractivity contribution in [1.29, 1.82) is 0 Å². The first kappa shape index (κ1) is 13.6. The number of benzene rings is 1. The van der Waals surface area contributed by atoms with E-state index in [0.29, 0.717) is 5.41 Å². The summed E-state index contributed by atoms with van der Waals surface area (Å²) in [4.78, 5) is 14.7. The number of piperidine rings is 1. The van der Waals surface area contributed by atoms with Crippen LogP contribution < -0.4 is 5.32 Å². The highest BCUT2D eigenvalue weighted by molar-refractivity contribution is 5.94. The van der Waals surface area contributed by atoms with E-state index >= 15 is 0 Å². The first-order valence-electron chi connectivity index (χ1n) is 7.81. The van der Waals surface area contributed by atoms with Crippen molar-refractivity contribution < 1.29 is 4.79 Å². The Morgan fingerprint density at radius 2 is 2.10 bits per heavy atom. The highest BCUT2D eigenvalue weighted by atomic mass is 16.2. The number of nitrogens with one attached hydrogen (secondary N) is 1. The second-order valence-electron chi connectivity index (χ2n) is 6.31. The fourth-order valence-corrected chi connectivity index (χ4v) is 3.59. The second-order valence-corrected chi connectivity index (χ2v) is 6.31. The predicted molar refractivity (Wildman–Crippen MR) is 80.9 cm³/mol. The van der Waals surface area contributed by atoms with Crippen LogP contribution in [0.5, 0.6) is 0 Å². The summed E-state index contributed by atoms with van der Waals surface area (Å²) in [5, 5.41) is 3.46. The van der Waals surface area contributed by atoms with Crippen molar-refractivity contribution in [3.63, 3.8) is 0 Å². The maximum absolute atomic E-state index is 12.6. The minimum Gasteiger partial charge on any atom is -0.338 e. The Morgan fingerprint density at radius 1 is 1.30 bits per heavy atom. The molecule has 0 radical (unpaired) electrons. The summed E-state index contributed by atoms with van der Waals surface area (Å²) in [6, 6.07) is 8.11. The van der Waals surface area contributed by atoms with Gasteiger partial charge in [-0.25, -0.2) is 0 Å². The van der Waals surface area contributed by atoms with Gasteiger partial charge < -0.3 is 10.2 Å². The molecule has 20 heavy (non-hydrogen) atoms. The summed E-state index contributed by atoms with van der Waals surface area (Å²) in [7, 11) is 0. The van der Waals surface area contributed by atoms with Crippen LogP contribution in [0.15, 0.2) is 24.3 Å². The number of carbonyl (C=O) groups is 1. The Morgan fingerprint density at radius 3 is 2.75 bits per heavy atom. The van der Waals surface area contributed by atoms with Crippen LogP contribution in [0.4, 0.5) is 0 Å². The summed E-state index contributed by atoms with van der Waals surface area (Å²) < 4.78 is 0. The van der Waals surface area contributed by atoms with Crippen LogP contribution in [0.2, 0.25) is 0 Å². The van der Waals surface area contributed by atoms with Gasteiger partial charge >= 0.3 is 0 Å². The monoisotopic (exact) mass is 272 g/mol. The molecule has 3 rings (SSSR count). The van der Waals surface area contributed by atoms with E-state index in [0.717, 1.165) is 44.6 Å². The largest absolute Gasteiger partial charge is 0.338 e. The van der Waals surface area contributed by atoms with E-state index < -0.39 is 0 Å². The average molecular weight is 272 g/mol. The first-order chi connectivity index (χ1) is 9.72. The molecule has 3 heteroatoms. The molecule has 1 atom stereocenters. The molecule has 2 aliphatic heterocycles. The number of aryl methyl sites for hydroxylation is 1. The third kappa shape index (κ3) is 2.59. The maximum atomic E-state index is 12.6. The van der Waals surface area contributed by atoms with E-state index in [2.05, 4.69) is 29.3 Å². The lowest BCUT2D eigenvalue weighted by atomic mass is 9.79. The lowest BCUT2D eigenvalue weighted by Crippen LogP contribution is -2.47. The van der Waals surface area contributed by atoms with E-state index in [9.17, 15) is 4.79 Å². The van der Waals surface area contributed by atoms with Gasteiger partial charge in [-0.15, -0.1) is 0 Å². The van der Waals surface area contributed by atoms with E-state index in [-0.39, 0.29) is 5.91 Å². The minimum atomic E-state index is 0.207. The van der Waals surface area contributed by atoms with Crippen LogP contribution in [-0.2, 0) is 6.42 Å². The van der Waals surface area contributed by atoms with Crippen molar-refractivity contribution in [2.45, 2.75) is 32.6 Å². The molecule has 1 amide bonds. The van der Waals surface area contributed by atoms with Gasteiger partial charge in [-0.2, -0.15) is 0 Å². The van der Waals surface area contributed by atoms with E-state index in [4.69, 9.17) is 0 Å². The fourth-order valence-electron chi connectivity index (χ4n) is 3.59. The van der Waals surface area contributed by atoms with Crippen molar-refractivity contribution in [2.24, 2.45) is 5.41 Å². The molecule has 1 aromatic rings. The van der Waals surface area contributed by atoms with Crippen LogP contribution >= 0.6 is 0 Å². The molecule has 2 heterocycles. The number of rotatable bonds is 2. The summed E-state index contributed by atoms with van der Waals surface area (Å²) in [5.74, 6) is 0.207. The van der Waals surface area contributed by atoms with Crippen LogP contribution in [0.3, 0.4) is 0 Å². The molecular formula is C17H24N2O. The molecule has 0 unspecified atom stereocenters. The highest BCUT2D eigenvalue weighted by Gasteiger charge is 2.39.